The van der Waals surface area contributed by atoms with Gasteiger partial charge in [-0.15, -0.1) is 0 Å². The van der Waals surface area contributed by atoms with Crippen molar-refractivity contribution in [1.82, 2.24) is 9.88 Å². The number of rotatable bonds is 9. The first-order chi connectivity index (χ1) is 16.4. The Morgan fingerprint density at radius 3 is 2.38 bits per heavy atom. The average molecular weight is 461 g/mol. The Morgan fingerprint density at radius 2 is 1.79 bits per heavy atom. The fraction of sp³-hybridized carbons (Fsp3) is 0.333. The number of ketones is 2. The van der Waals surface area contributed by atoms with Gasteiger partial charge < -0.3 is 9.64 Å². The van der Waals surface area contributed by atoms with Crippen LogP contribution in [0.2, 0.25) is 0 Å². The normalized spacial score (nSPS) is 18.1. The van der Waals surface area contributed by atoms with Crippen molar-refractivity contribution in [3.63, 3.8) is 0 Å². The zero-order valence-corrected chi connectivity index (χ0v) is 19.7. The average Bonchev–Trinajstić information content (AvgIpc) is 3.46. The molecule has 4 rings (SSSR count). The highest BCUT2D eigenvalue weighted by molar-refractivity contribution is 6.44. The number of nitrogens with one attached hydrogen (secondary N) is 1. The molecule has 1 aliphatic rings. The number of ether oxygens (including phenoxy) is 1. The Kier molecular flexibility index (Phi) is 6.91. The predicted octanol–water partition coefficient (Wildman–Crippen LogP) is 3.48. The van der Waals surface area contributed by atoms with Crippen LogP contribution in [0, 0.1) is 5.92 Å². The Bertz CT molecular complexity index is 1150. The van der Waals surface area contributed by atoms with Crippen molar-refractivity contribution in [2.45, 2.75) is 38.8 Å². The number of hydrogen-bond donors (Lipinski definition) is 1. The number of benzene rings is 2. The third-order valence-corrected chi connectivity index (χ3v) is 6.43. The van der Waals surface area contributed by atoms with E-state index in [0.29, 0.717) is 36.7 Å². The number of amides is 1. The second kappa shape index (κ2) is 10.0. The van der Waals surface area contributed by atoms with Crippen LogP contribution in [0.4, 0.5) is 0 Å². The maximum absolute atomic E-state index is 13.5. The fourth-order valence-electron chi connectivity index (χ4n) is 4.50. The predicted molar refractivity (Wildman–Crippen MR) is 126 cm³/mol. The number of Topliss-reactive ketones (excluding diaryl/α,β-unsaturated/α-hetero) is 2. The fourth-order valence-corrected chi connectivity index (χ4v) is 4.50. The highest BCUT2D eigenvalue weighted by Gasteiger charge is 2.51. The molecule has 1 aliphatic heterocycles. The van der Waals surface area contributed by atoms with Crippen molar-refractivity contribution in [3.05, 3.63) is 83.9 Å². The molecule has 1 fully saturated rings. The molecule has 7 nitrogen and oxygen atoms in total. The van der Waals surface area contributed by atoms with Gasteiger partial charge in [0.1, 0.15) is 24.1 Å². The van der Waals surface area contributed by atoms with Gasteiger partial charge in [-0.25, -0.2) is 4.57 Å². The monoisotopic (exact) mass is 460 g/mol. The maximum Gasteiger partial charge on any atom is 0.291 e. The van der Waals surface area contributed by atoms with Gasteiger partial charge in [0.2, 0.25) is 12.1 Å². The summed E-state index contributed by atoms with van der Waals surface area (Å²) in [6.07, 6.45) is 6.24. The van der Waals surface area contributed by atoms with E-state index in [2.05, 4.69) is 18.8 Å². The van der Waals surface area contributed by atoms with Crippen molar-refractivity contribution in [2.75, 3.05) is 13.7 Å². The molecule has 34 heavy (non-hydrogen) atoms. The molecule has 0 aliphatic carbocycles. The largest absolute Gasteiger partial charge is 0.497 e. The number of likely N-dealkylation sites (tertiary alicyclic amines) is 1. The van der Waals surface area contributed by atoms with E-state index in [9.17, 15) is 14.4 Å². The van der Waals surface area contributed by atoms with E-state index in [4.69, 9.17) is 4.74 Å². The lowest BCUT2D eigenvalue weighted by atomic mass is 9.85. The van der Waals surface area contributed by atoms with Crippen molar-refractivity contribution >= 4 is 17.5 Å². The van der Waals surface area contributed by atoms with Gasteiger partial charge >= 0.3 is 0 Å². The minimum absolute atomic E-state index is 0.346. The van der Waals surface area contributed by atoms with Crippen LogP contribution < -0.4 is 9.30 Å². The molecule has 176 valence electrons. The quantitative estimate of drug-likeness (QED) is 0.229. The van der Waals surface area contributed by atoms with Crippen LogP contribution >= 0.6 is 0 Å². The summed E-state index contributed by atoms with van der Waals surface area (Å²) in [5.41, 5.74) is 2.35. The molecule has 3 aromatic rings. The van der Waals surface area contributed by atoms with Crippen molar-refractivity contribution in [1.29, 1.82) is 0 Å². The van der Waals surface area contributed by atoms with Gasteiger partial charge in [-0.05, 0) is 41.3 Å². The Balaban J connectivity index is 1.66. The van der Waals surface area contributed by atoms with Gasteiger partial charge in [0.15, 0.2) is 5.78 Å². The molecular formula is C27H30N3O4+. The molecule has 2 atom stereocenters. The molecule has 1 aromatic heterocycles. The molecular weight excluding hydrogens is 430 g/mol. The van der Waals surface area contributed by atoms with Gasteiger partial charge in [-0.3, -0.25) is 19.4 Å². The summed E-state index contributed by atoms with van der Waals surface area (Å²) in [6.45, 7) is 5.29. The number of carbonyl (C=O) groups is 3. The molecule has 2 unspecified atom stereocenters. The lowest BCUT2D eigenvalue weighted by Crippen LogP contribution is -2.36. The Labute approximate surface area is 199 Å². The molecule has 2 heterocycles. The van der Waals surface area contributed by atoms with Crippen LogP contribution in [-0.2, 0) is 16.1 Å². The summed E-state index contributed by atoms with van der Waals surface area (Å²) in [4.78, 5) is 44.3. The molecule has 1 amide bonds. The number of H-pyrrole nitrogens is 1. The van der Waals surface area contributed by atoms with Gasteiger partial charge in [0.05, 0.1) is 19.7 Å². The van der Waals surface area contributed by atoms with E-state index in [0.717, 1.165) is 11.1 Å². The van der Waals surface area contributed by atoms with Gasteiger partial charge in [0.25, 0.3) is 5.91 Å². The van der Waals surface area contributed by atoms with Crippen LogP contribution in [0.5, 0.6) is 5.75 Å². The summed E-state index contributed by atoms with van der Waals surface area (Å²) in [7, 11) is 1.55. The third kappa shape index (κ3) is 4.64. The lowest BCUT2D eigenvalue weighted by molar-refractivity contribution is -0.695. The summed E-state index contributed by atoms with van der Waals surface area (Å²) >= 11 is 0. The number of imidazole rings is 1. The van der Waals surface area contributed by atoms with Crippen molar-refractivity contribution in [3.8, 4) is 5.75 Å². The molecule has 7 heteroatoms. The van der Waals surface area contributed by atoms with E-state index in [-0.39, 0.29) is 5.78 Å². The minimum atomic E-state index is -1.08. The van der Waals surface area contributed by atoms with Crippen molar-refractivity contribution in [2.24, 2.45) is 5.92 Å². The minimum Gasteiger partial charge on any atom is -0.497 e. The Morgan fingerprint density at radius 1 is 1.09 bits per heavy atom. The molecule has 2 aromatic carbocycles. The summed E-state index contributed by atoms with van der Waals surface area (Å²) in [6, 6.07) is 13.9. The van der Waals surface area contributed by atoms with Gasteiger partial charge in [-0.1, -0.05) is 38.1 Å². The molecule has 0 radical (unpaired) electrons. The lowest BCUT2D eigenvalue weighted by Gasteiger charge is -2.27. The second-order valence-electron chi connectivity index (χ2n) is 8.90. The topological polar surface area (TPSA) is 83.3 Å². The number of aryl methyl sites for hydroxylation is 1. The zero-order chi connectivity index (χ0) is 24.2. The standard InChI is InChI=1S/C27H29N3O4/c1-18(2)19-5-7-20(8-6-19)24-23(25(31)21-9-11-22(34-3)12-10-21)26(32)27(33)30(24)15-4-14-29-16-13-28-17-29/h5-13,16-18,23-24H,4,14-15H2,1-3H3/p+1. The van der Waals surface area contributed by atoms with Crippen molar-refractivity contribution < 1.29 is 23.7 Å². The first kappa shape index (κ1) is 23.4. The molecule has 1 N–H and O–H groups in total. The van der Waals surface area contributed by atoms with E-state index < -0.39 is 23.7 Å². The number of hydrogen-bond acceptors (Lipinski definition) is 4. The van der Waals surface area contributed by atoms with E-state index in [1.165, 1.54) is 0 Å². The molecule has 0 saturated carbocycles. The van der Waals surface area contributed by atoms with E-state index >= 15 is 0 Å². The van der Waals surface area contributed by atoms with Crippen LogP contribution in [0.15, 0.2) is 67.3 Å². The summed E-state index contributed by atoms with van der Waals surface area (Å²) in [5, 5.41) is 0. The molecule has 0 spiro atoms. The van der Waals surface area contributed by atoms with Crippen LogP contribution in [0.25, 0.3) is 0 Å². The summed E-state index contributed by atoms with van der Waals surface area (Å²) in [5.74, 6) is -1.69. The number of aromatic nitrogens is 2. The number of methoxy groups -OCH3 is 1. The SMILES string of the molecule is COc1ccc(C(=O)C2C(=O)C(=O)N(CCC[n+]3cc[nH]c3)C2c2ccc(C(C)C)cc2)cc1. The Hall–Kier alpha value is -3.74. The highest BCUT2D eigenvalue weighted by atomic mass is 16.5. The van der Waals surface area contributed by atoms with Crippen LogP contribution in [-0.4, -0.2) is 41.0 Å². The van der Waals surface area contributed by atoms with Crippen LogP contribution in [0.3, 0.4) is 0 Å². The van der Waals surface area contributed by atoms with E-state index in [1.807, 2.05) is 47.6 Å². The number of carbonyl (C=O) groups excluding carboxylic acids is 3. The highest BCUT2D eigenvalue weighted by Crippen LogP contribution is 2.38. The first-order valence-corrected chi connectivity index (χ1v) is 11.6. The third-order valence-electron chi connectivity index (χ3n) is 6.43. The van der Waals surface area contributed by atoms with Gasteiger partial charge in [0, 0.05) is 18.5 Å². The second-order valence-corrected chi connectivity index (χ2v) is 8.90. The number of nitrogens with zero attached hydrogens (tertiary/aromatic N) is 2. The van der Waals surface area contributed by atoms with E-state index in [1.54, 1.807) is 36.3 Å². The molecule has 0 bridgehead atoms. The van der Waals surface area contributed by atoms with Gasteiger partial charge in [-0.2, -0.15) is 0 Å². The maximum atomic E-state index is 13.5. The summed E-state index contributed by atoms with van der Waals surface area (Å²) < 4.78 is 7.16. The first-order valence-electron chi connectivity index (χ1n) is 11.6. The smallest absolute Gasteiger partial charge is 0.291 e. The molecule has 1 saturated heterocycles. The van der Waals surface area contributed by atoms with Crippen LogP contribution in [0.1, 0.15) is 53.7 Å². The number of aromatic amines is 1. The zero-order valence-electron chi connectivity index (χ0n) is 19.7.